The van der Waals surface area contributed by atoms with E-state index in [0.29, 0.717) is 17.3 Å². The number of hydrogen-bond acceptors (Lipinski definition) is 3. The van der Waals surface area contributed by atoms with Gasteiger partial charge in [0.2, 0.25) is 0 Å². The Morgan fingerprint density at radius 1 is 1.53 bits per heavy atom. The highest BCUT2D eigenvalue weighted by atomic mass is 35.5. The molecule has 17 heavy (non-hydrogen) atoms. The molecule has 0 spiro atoms. The van der Waals surface area contributed by atoms with Crippen LogP contribution in [-0.2, 0) is 11.8 Å². The molecule has 2 rings (SSSR count). The van der Waals surface area contributed by atoms with Crippen LogP contribution in [-0.4, -0.2) is 18.8 Å². The maximum Gasteiger partial charge on any atom is 0.163 e. The molecule has 0 bridgehead atoms. The Morgan fingerprint density at radius 3 is 2.59 bits per heavy atom. The molecule has 3 nitrogen and oxygen atoms in total. The van der Waals surface area contributed by atoms with Crippen LogP contribution in [0.5, 0.6) is 11.5 Å². The van der Waals surface area contributed by atoms with Crippen molar-refractivity contribution >= 4 is 11.6 Å². The maximum atomic E-state index is 10.2. The average molecular weight is 256 g/mol. The largest absolute Gasteiger partial charge is 0.504 e. The van der Waals surface area contributed by atoms with Crippen molar-refractivity contribution in [1.29, 1.82) is 0 Å². The second kappa shape index (κ2) is 4.39. The second-order valence-corrected chi connectivity index (χ2v) is 4.99. The van der Waals surface area contributed by atoms with Gasteiger partial charge in [-0.1, -0.05) is 18.5 Å². The van der Waals surface area contributed by atoms with Crippen molar-refractivity contribution in [2.24, 2.45) is 5.73 Å². The van der Waals surface area contributed by atoms with Gasteiger partial charge in [-0.05, 0) is 30.9 Å². The minimum atomic E-state index is -0.139. The molecule has 0 radical (unpaired) electrons. The SMILES string of the molecule is CCc1cc(OC)c(O)c(C2(CN)CC2)c1Cl. The predicted molar refractivity (Wildman–Crippen MR) is 69.0 cm³/mol. The third-order valence-corrected chi connectivity index (χ3v) is 4.08. The molecule has 0 aromatic heterocycles. The van der Waals surface area contributed by atoms with E-state index in [1.807, 2.05) is 6.92 Å². The quantitative estimate of drug-likeness (QED) is 0.870. The number of aryl methyl sites for hydroxylation is 1. The molecule has 1 aliphatic rings. The summed E-state index contributed by atoms with van der Waals surface area (Å²) in [6.07, 6.45) is 2.77. The highest BCUT2D eigenvalue weighted by Gasteiger charge is 2.47. The molecule has 1 saturated carbocycles. The van der Waals surface area contributed by atoms with Crippen molar-refractivity contribution in [2.45, 2.75) is 31.6 Å². The van der Waals surface area contributed by atoms with E-state index < -0.39 is 0 Å². The summed E-state index contributed by atoms with van der Waals surface area (Å²) in [5.41, 5.74) is 7.44. The van der Waals surface area contributed by atoms with Crippen molar-refractivity contribution in [3.05, 3.63) is 22.2 Å². The van der Waals surface area contributed by atoms with Crippen molar-refractivity contribution in [2.75, 3.05) is 13.7 Å². The van der Waals surface area contributed by atoms with Crippen LogP contribution in [0.25, 0.3) is 0 Å². The fourth-order valence-electron chi connectivity index (χ4n) is 2.28. The predicted octanol–water partition coefficient (Wildman–Crippen LogP) is 2.61. The lowest BCUT2D eigenvalue weighted by molar-refractivity contribution is 0.367. The molecular weight excluding hydrogens is 238 g/mol. The van der Waals surface area contributed by atoms with Crippen LogP contribution < -0.4 is 10.5 Å². The van der Waals surface area contributed by atoms with Gasteiger partial charge in [-0.15, -0.1) is 0 Å². The Morgan fingerprint density at radius 2 is 2.18 bits per heavy atom. The minimum Gasteiger partial charge on any atom is -0.504 e. The van der Waals surface area contributed by atoms with Crippen LogP contribution in [0.3, 0.4) is 0 Å². The molecule has 1 fully saturated rings. The van der Waals surface area contributed by atoms with E-state index in [4.69, 9.17) is 22.1 Å². The molecule has 0 atom stereocenters. The van der Waals surface area contributed by atoms with Crippen molar-refractivity contribution in [3.63, 3.8) is 0 Å². The summed E-state index contributed by atoms with van der Waals surface area (Å²) in [6, 6.07) is 1.80. The molecule has 0 amide bonds. The first-order valence-corrected chi connectivity index (χ1v) is 6.26. The minimum absolute atomic E-state index is 0.139. The number of phenolic OH excluding ortho intramolecular Hbond substituents is 1. The summed E-state index contributed by atoms with van der Waals surface area (Å²) >= 11 is 6.38. The number of halogens is 1. The molecule has 0 unspecified atom stereocenters. The summed E-state index contributed by atoms with van der Waals surface area (Å²) in [7, 11) is 1.55. The lowest BCUT2D eigenvalue weighted by atomic mass is 9.92. The van der Waals surface area contributed by atoms with E-state index in [2.05, 4.69) is 0 Å². The molecule has 4 heteroatoms. The summed E-state index contributed by atoms with van der Waals surface area (Å²) in [6.45, 7) is 2.54. The van der Waals surface area contributed by atoms with E-state index in [-0.39, 0.29) is 11.2 Å². The number of rotatable bonds is 4. The van der Waals surface area contributed by atoms with Gasteiger partial charge in [-0.2, -0.15) is 0 Å². The Labute approximate surface area is 107 Å². The summed E-state index contributed by atoms with van der Waals surface area (Å²) in [4.78, 5) is 0. The number of nitrogens with two attached hydrogens (primary N) is 1. The van der Waals surface area contributed by atoms with Crippen LogP contribution in [0.4, 0.5) is 0 Å². The monoisotopic (exact) mass is 255 g/mol. The second-order valence-electron chi connectivity index (χ2n) is 4.61. The van der Waals surface area contributed by atoms with E-state index in [0.717, 1.165) is 30.4 Å². The zero-order valence-electron chi connectivity index (χ0n) is 10.2. The zero-order valence-corrected chi connectivity index (χ0v) is 11.0. The van der Waals surface area contributed by atoms with Crippen LogP contribution in [0.15, 0.2) is 6.07 Å². The van der Waals surface area contributed by atoms with Crippen LogP contribution in [0.1, 0.15) is 30.9 Å². The summed E-state index contributed by atoms with van der Waals surface area (Å²) in [5.74, 6) is 0.638. The first-order valence-electron chi connectivity index (χ1n) is 5.88. The van der Waals surface area contributed by atoms with Gasteiger partial charge in [-0.25, -0.2) is 0 Å². The number of ether oxygens (including phenoxy) is 1. The van der Waals surface area contributed by atoms with Crippen molar-refractivity contribution < 1.29 is 9.84 Å². The zero-order chi connectivity index (χ0) is 12.6. The van der Waals surface area contributed by atoms with Crippen LogP contribution in [0.2, 0.25) is 5.02 Å². The fourth-order valence-corrected chi connectivity index (χ4v) is 2.76. The Kier molecular flexibility index (Phi) is 3.23. The first kappa shape index (κ1) is 12.5. The van der Waals surface area contributed by atoms with Gasteiger partial charge < -0.3 is 15.6 Å². The third kappa shape index (κ3) is 1.87. The highest BCUT2D eigenvalue weighted by molar-refractivity contribution is 6.32. The smallest absolute Gasteiger partial charge is 0.163 e. The number of phenols is 1. The van der Waals surface area contributed by atoms with Gasteiger partial charge in [-0.3, -0.25) is 0 Å². The van der Waals surface area contributed by atoms with Gasteiger partial charge in [0, 0.05) is 17.5 Å². The standard InChI is InChI=1S/C13H18ClNO2/c1-3-8-6-9(17-2)12(16)10(11(8)14)13(7-15)4-5-13/h6,16H,3-5,7,15H2,1-2H3. The van der Waals surface area contributed by atoms with Crippen molar-refractivity contribution in [1.82, 2.24) is 0 Å². The third-order valence-electron chi connectivity index (χ3n) is 3.65. The number of methoxy groups -OCH3 is 1. The van der Waals surface area contributed by atoms with Crippen LogP contribution in [0, 0.1) is 0 Å². The van der Waals surface area contributed by atoms with Crippen molar-refractivity contribution in [3.8, 4) is 11.5 Å². The molecule has 1 aliphatic carbocycles. The Hall–Kier alpha value is -0.930. The fraction of sp³-hybridized carbons (Fsp3) is 0.538. The number of aromatic hydroxyl groups is 1. The molecule has 94 valence electrons. The van der Waals surface area contributed by atoms with Gasteiger partial charge in [0.15, 0.2) is 11.5 Å². The summed E-state index contributed by atoms with van der Waals surface area (Å²) in [5, 5.41) is 10.9. The first-order chi connectivity index (χ1) is 8.09. The molecule has 0 saturated heterocycles. The Bertz CT molecular complexity index is 413. The number of hydrogen-bond donors (Lipinski definition) is 2. The topological polar surface area (TPSA) is 55.5 Å². The highest BCUT2D eigenvalue weighted by Crippen LogP contribution is 2.55. The molecule has 3 N–H and O–H groups in total. The normalized spacial score (nSPS) is 16.9. The van der Waals surface area contributed by atoms with E-state index in [9.17, 15) is 5.11 Å². The van der Waals surface area contributed by atoms with E-state index in [1.165, 1.54) is 0 Å². The molecule has 0 heterocycles. The number of benzene rings is 1. The lowest BCUT2D eigenvalue weighted by Gasteiger charge is -2.20. The van der Waals surface area contributed by atoms with Gasteiger partial charge in [0.05, 0.1) is 12.1 Å². The van der Waals surface area contributed by atoms with Gasteiger partial charge >= 0.3 is 0 Å². The van der Waals surface area contributed by atoms with Crippen LogP contribution >= 0.6 is 11.6 Å². The van der Waals surface area contributed by atoms with E-state index in [1.54, 1.807) is 13.2 Å². The maximum absolute atomic E-state index is 10.2. The molecule has 0 aliphatic heterocycles. The van der Waals surface area contributed by atoms with Gasteiger partial charge in [0.1, 0.15) is 0 Å². The summed E-state index contributed by atoms with van der Waals surface area (Å²) < 4.78 is 5.20. The van der Waals surface area contributed by atoms with E-state index >= 15 is 0 Å². The molecule has 1 aromatic carbocycles. The Balaban J connectivity index is 2.63. The van der Waals surface area contributed by atoms with Gasteiger partial charge in [0.25, 0.3) is 0 Å². The average Bonchev–Trinajstić information content (AvgIpc) is 3.11. The lowest BCUT2D eigenvalue weighted by Crippen LogP contribution is -2.21. The molecule has 1 aromatic rings. The molecular formula is C13H18ClNO2.